The number of nitrogens with one attached hydrogen (secondary N) is 2. The van der Waals surface area contributed by atoms with Crippen molar-refractivity contribution in [2.24, 2.45) is 11.8 Å². The lowest BCUT2D eigenvalue weighted by molar-refractivity contribution is -0.141. The van der Waals surface area contributed by atoms with Crippen molar-refractivity contribution < 1.29 is 23.5 Å². The van der Waals surface area contributed by atoms with Gasteiger partial charge in [0.05, 0.1) is 17.9 Å². The first-order valence-electron chi connectivity index (χ1n) is 12.1. The number of carbonyl (C=O) groups excluding carboxylic acids is 3. The van der Waals surface area contributed by atoms with E-state index in [1.165, 1.54) is 23.5 Å². The molecule has 0 radical (unpaired) electrons. The molecule has 4 aliphatic rings. The molecule has 3 aliphatic heterocycles. The zero-order valence-corrected chi connectivity index (χ0v) is 19.0. The summed E-state index contributed by atoms with van der Waals surface area (Å²) >= 11 is 0. The number of fused-ring (bicyclic) bond motifs is 1. The average molecular weight is 468 g/mol. The first-order chi connectivity index (χ1) is 16.4. The van der Waals surface area contributed by atoms with Crippen LogP contribution in [-0.4, -0.2) is 53.0 Å². The van der Waals surface area contributed by atoms with Gasteiger partial charge in [0.1, 0.15) is 17.5 Å². The molecule has 7 nitrogen and oxygen atoms in total. The van der Waals surface area contributed by atoms with Crippen LogP contribution in [0.5, 0.6) is 0 Å². The minimum Gasteiger partial charge on any atom is -0.359 e. The Hall–Kier alpha value is -3.00. The summed E-state index contributed by atoms with van der Waals surface area (Å²) in [5, 5.41) is 6.01. The minimum absolute atomic E-state index is 0.0924. The van der Waals surface area contributed by atoms with E-state index >= 15 is 0 Å². The Balaban J connectivity index is 1.37. The van der Waals surface area contributed by atoms with Gasteiger partial charge in [-0.1, -0.05) is 49.6 Å². The maximum absolute atomic E-state index is 13.6. The summed E-state index contributed by atoms with van der Waals surface area (Å²) in [5.41, 5.74) is -0.415. The topological polar surface area (TPSA) is 87.7 Å². The van der Waals surface area contributed by atoms with Crippen LogP contribution in [0.3, 0.4) is 0 Å². The summed E-state index contributed by atoms with van der Waals surface area (Å²) in [6.07, 6.45) is 9.80. The highest BCUT2D eigenvalue weighted by atomic mass is 19.1. The van der Waals surface area contributed by atoms with Crippen molar-refractivity contribution in [1.29, 1.82) is 0 Å². The van der Waals surface area contributed by atoms with Crippen LogP contribution < -0.4 is 10.6 Å². The van der Waals surface area contributed by atoms with Gasteiger partial charge in [-0.3, -0.25) is 14.4 Å². The van der Waals surface area contributed by atoms with Crippen molar-refractivity contribution in [2.75, 3.05) is 6.54 Å². The first-order valence-corrected chi connectivity index (χ1v) is 12.1. The van der Waals surface area contributed by atoms with Gasteiger partial charge < -0.3 is 20.3 Å². The molecule has 0 aromatic heterocycles. The van der Waals surface area contributed by atoms with Gasteiger partial charge in [0.15, 0.2) is 0 Å². The summed E-state index contributed by atoms with van der Waals surface area (Å²) < 4.78 is 19.5. The van der Waals surface area contributed by atoms with Gasteiger partial charge >= 0.3 is 0 Å². The predicted octanol–water partition coefficient (Wildman–Crippen LogP) is 2.23. The lowest BCUT2D eigenvalue weighted by Crippen LogP contribution is -2.56. The highest BCUT2D eigenvalue weighted by molar-refractivity contribution is 6.00. The molecule has 2 bridgehead atoms. The smallest absolute Gasteiger partial charge is 0.246 e. The Bertz CT molecular complexity index is 1020. The Morgan fingerprint density at radius 2 is 1.91 bits per heavy atom. The van der Waals surface area contributed by atoms with Crippen LogP contribution in [0.4, 0.5) is 4.39 Å². The lowest BCUT2D eigenvalue weighted by Gasteiger charge is -2.33. The third-order valence-corrected chi connectivity index (χ3v) is 7.58. The average Bonchev–Trinajstić information content (AvgIpc) is 3.47. The molecule has 5 rings (SSSR count). The lowest BCUT2D eigenvalue weighted by atomic mass is 9.74. The van der Waals surface area contributed by atoms with Crippen LogP contribution in [0, 0.1) is 17.7 Å². The second-order valence-electron chi connectivity index (χ2n) is 9.67. The fraction of sp³-hybridized carbons (Fsp3) is 0.500. The SMILES string of the molecule is C=CCN1C(=O)[C@H]2[C@@H](C(=O)NCc3ccc(F)cc3)[C@H]3C=C[C@@]2(O3)[C@@H]1C(=O)NC1CCCCC1. The highest BCUT2D eigenvalue weighted by Gasteiger charge is 2.72. The zero-order chi connectivity index (χ0) is 23.9. The number of hydrogen-bond acceptors (Lipinski definition) is 4. The Morgan fingerprint density at radius 1 is 1.18 bits per heavy atom. The van der Waals surface area contributed by atoms with Crippen molar-refractivity contribution in [3.8, 4) is 0 Å². The summed E-state index contributed by atoms with van der Waals surface area (Å²) in [6, 6.07) is 5.13. The van der Waals surface area contributed by atoms with E-state index in [0.717, 1.165) is 31.2 Å². The summed E-state index contributed by atoms with van der Waals surface area (Å²) in [4.78, 5) is 41.8. The molecule has 0 unspecified atom stereocenters. The number of benzene rings is 1. The van der Waals surface area contributed by atoms with Crippen molar-refractivity contribution in [1.82, 2.24) is 15.5 Å². The number of carbonyl (C=O) groups is 3. The molecular formula is C26H30FN3O4. The third-order valence-electron chi connectivity index (χ3n) is 7.58. The summed E-state index contributed by atoms with van der Waals surface area (Å²) in [6.45, 7) is 4.16. The monoisotopic (exact) mass is 467 g/mol. The molecule has 2 N–H and O–H groups in total. The van der Waals surface area contributed by atoms with E-state index in [1.54, 1.807) is 30.4 Å². The number of likely N-dealkylation sites (tertiary alicyclic amines) is 1. The number of amides is 3. The largest absolute Gasteiger partial charge is 0.359 e. The molecule has 180 valence electrons. The Labute approximate surface area is 198 Å². The van der Waals surface area contributed by atoms with Gasteiger partial charge in [0.2, 0.25) is 17.7 Å². The molecule has 34 heavy (non-hydrogen) atoms. The van der Waals surface area contributed by atoms with Crippen molar-refractivity contribution in [2.45, 2.75) is 62.4 Å². The van der Waals surface area contributed by atoms with Crippen molar-refractivity contribution in [3.63, 3.8) is 0 Å². The number of halogens is 1. The van der Waals surface area contributed by atoms with Crippen LogP contribution in [0.25, 0.3) is 0 Å². The van der Waals surface area contributed by atoms with E-state index in [9.17, 15) is 18.8 Å². The fourth-order valence-corrected chi connectivity index (χ4v) is 6.04. The van der Waals surface area contributed by atoms with Crippen LogP contribution in [-0.2, 0) is 25.7 Å². The zero-order valence-electron chi connectivity index (χ0n) is 19.0. The van der Waals surface area contributed by atoms with E-state index in [1.807, 2.05) is 0 Å². The van der Waals surface area contributed by atoms with E-state index in [2.05, 4.69) is 17.2 Å². The Morgan fingerprint density at radius 3 is 2.62 bits per heavy atom. The number of rotatable bonds is 7. The number of hydrogen-bond donors (Lipinski definition) is 2. The molecule has 3 fully saturated rings. The fourth-order valence-electron chi connectivity index (χ4n) is 6.04. The molecule has 2 saturated heterocycles. The van der Waals surface area contributed by atoms with Crippen molar-refractivity contribution in [3.05, 3.63) is 60.5 Å². The molecule has 3 amide bonds. The first kappa shape index (κ1) is 22.8. The van der Waals surface area contributed by atoms with Crippen LogP contribution in [0.15, 0.2) is 49.1 Å². The minimum atomic E-state index is -1.17. The molecule has 8 heteroatoms. The van der Waals surface area contributed by atoms with Gasteiger partial charge in [0.25, 0.3) is 0 Å². The van der Waals surface area contributed by atoms with E-state index in [-0.39, 0.29) is 42.7 Å². The van der Waals surface area contributed by atoms with Crippen LogP contribution in [0.2, 0.25) is 0 Å². The second-order valence-corrected chi connectivity index (χ2v) is 9.67. The molecule has 1 spiro atoms. The maximum Gasteiger partial charge on any atom is 0.246 e. The van der Waals surface area contributed by atoms with Crippen LogP contribution in [0.1, 0.15) is 37.7 Å². The summed E-state index contributed by atoms with van der Waals surface area (Å²) in [5.74, 6) is -2.68. The van der Waals surface area contributed by atoms with Crippen LogP contribution >= 0.6 is 0 Å². The van der Waals surface area contributed by atoms with Gasteiger partial charge in [-0.15, -0.1) is 6.58 Å². The van der Waals surface area contributed by atoms with Gasteiger partial charge in [-0.05, 0) is 30.5 Å². The maximum atomic E-state index is 13.6. The molecule has 1 aliphatic carbocycles. The number of nitrogens with zero attached hydrogens (tertiary/aromatic N) is 1. The third kappa shape index (κ3) is 3.74. The molecule has 1 saturated carbocycles. The standard InChI is InChI=1S/C26H30FN3O4/c1-2-14-30-22(24(32)29-18-6-4-3-5-7-18)26-13-12-19(34-26)20(21(26)25(30)33)23(31)28-15-16-8-10-17(27)11-9-16/h2,8-13,18-22H,1,3-7,14-15H2,(H,28,31)(H,29,32)/t19-,20+,21-,22+,26+/m1/s1. The van der Waals surface area contributed by atoms with E-state index in [4.69, 9.17) is 4.74 Å². The van der Waals surface area contributed by atoms with Gasteiger partial charge in [-0.25, -0.2) is 4.39 Å². The van der Waals surface area contributed by atoms with Gasteiger partial charge in [0, 0.05) is 19.1 Å². The molecule has 1 aromatic rings. The molecule has 5 atom stereocenters. The summed E-state index contributed by atoms with van der Waals surface area (Å²) in [7, 11) is 0. The molecular weight excluding hydrogens is 437 g/mol. The molecule has 1 aromatic carbocycles. The van der Waals surface area contributed by atoms with Gasteiger partial charge in [-0.2, -0.15) is 0 Å². The molecule has 3 heterocycles. The highest BCUT2D eigenvalue weighted by Crippen LogP contribution is 2.55. The quantitative estimate of drug-likeness (QED) is 0.602. The number of ether oxygens (including phenoxy) is 1. The Kier molecular flexibility index (Phi) is 6.02. The van der Waals surface area contributed by atoms with E-state index in [0.29, 0.717) is 0 Å². The predicted molar refractivity (Wildman–Crippen MR) is 123 cm³/mol. The van der Waals surface area contributed by atoms with E-state index < -0.39 is 29.6 Å². The second kappa shape index (κ2) is 8.98. The van der Waals surface area contributed by atoms with Crippen molar-refractivity contribution >= 4 is 17.7 Å². The normalized spacial score (nSPS) is 32.0.